The van der Waals surface area contributed by atoms with E-state index < -0.39 is 0 Å². The Morgan fingerprint density at radius 3 is 2.60 bits per heavy atom. The van der Waals surface area contributed by atoms with Gasteiger partial charge in [0, 0.05) is 4.83 Å². The maximum absolute atomic E-state index is 3.83. The van der Waals surface area contributed by atoms with E-state index in [-0.39, 0.29) is 0 Å². The molecule has 56 valence electrons. The Hall–Kier alpha value is 0.480. The maximum atomic E-state index is 3.83. The van der Waals surface area contributed by atoms with Crippen LogP contribution in [0.25, 0.3) is 0 Å². The molecule has 1 heteroatoms. The minimum atomic E-state index is 0.860. The van der Waals surface area contributed by atoms with Crippen LogP contribution >= 0.6 is 15.9 Å². The third kappa shape index (κ3) is 0.399. The number of halogens is 1. The zero-order valence-electron chi connectivity index (χ0n) is 6.31. The lowest BCUT2D eigenvalue weighted by molar-refractivity contribution is 0.463. The molecule has 0 aromatic carbocycles. The van der Waals surface area contributed by atoms with Crippen LogP contribution in [0.3, 0.4) is 0 Å². The summed E-state index contributed by atoms with van der Waals surface area (Å²) in [6.45, 7) is 2.38. The van der Waals surface area contributed by atoms with Gasteiger partial charge >= 0.3 is 0 Å². The molecule has 10 heavy (non-hydrogen) atoms. The van der Waals surface area contributed by atoms with Gasteiger partial charge in [-0.2, -0.15) is 0 Å². The first-order valence-electron chi connectivity index (χ1n) is 4.43. The molecule has 0 spiro atoms. The van der Waals surface area contributed by atoms with Crippen molar-refractivity contribution < 1.29 is 0 Å². The van der Waals surface area contributed by atoms with E-state index in [4.69, 9.17) is 0 Å². The van der Waals surface area contributed by atoms with Gasteiger partial charge < -0.3 is 0 Å². The van der Waals surface area contributed by atoms with Crippen LogP contribution in [0.15, 0.2) is 0 Å². The van der Waals surface area contributed by atoms with E-state index >= 15 is 0 Å². The van der Waals surface area contributed by atoms with Crippen LogP contribution < -0.4 is 0 Å². The Labute approximate surface area is 70.5 Å². The zero-order chi connectivity index (χ0) is 6.93. The topological polar surface area (TPSA) is 0 Å². The molecule has 0 N–H and O–H groups in total. The van der Waals surface area contributed by atoms with E-state index in [0.717, 1.165) is 28.0 Å². The summed E-state index contributed by atoms with van der Waals surface area (Å²) in [6.07, 6.45) is 4.55. The first-order chi connectivity index (χ1) is 4.79. The number of hydrogen-bond acceptors (Lipinski definition) is 0. The van der Waals surface area contributed by atoms with E-state index in [0.29, 0.717) is 0 Å². The second kappa shape index (κ2) is 1.48. The van der Waals surface area contributed by atoms with Crippen LogP contribution in [0.1, 0.15) is 26.2 Å². The molecule has 0 radical (unpaired) electrons. The van der Waals surface area contributed by atoms with Gasteiger partial charge in [0.05, 0.1) is 0 Å². The molecule has 0 aromatic rings. The maximum Gasteiger partial charge on any atom is 0.0210 e. The van der Waals surface area contributed by atoms with Crippen LogP contribution in [0.5, 0.6) is 0 Å². The fourth-order valence-electron chi connectivity index (χ4n) is 3.90. The Kier molecular flexibility index (Phi) is 0.893. The Balaban J connectivity index is 2.01. The van der Waals surface area contributed by atoms with Gasteiger partial charge in [-0.25, -0.2) is 0 Å². The quantitative estimate of drug-likeness (QED) is 0.572. The fraction of sp³-hybridized carbons (Fsp3) is 1.00. The zero-order valence-corrected chi connectivity index (χ0v) is 7.89. The van der Waals surface area contributed by atoms with Crippen molar-refractivity contribution in [2.45, 2.75) is 31.0 Å². The molecule has 4 aliphatic rings. The van der Waals surface area contributed by atoms with Gasteiger partial charge in [-0.3, -0.25) is 0 Å². The summed E-state index contributed by atoms with van der Waals surface area (Å²) in [5.74, 6) is 3.31. The van der Waals surface area contributed by atoms with E-state index in [1.165, 1.54) is 6.42 Å². The number of alkyl halides is 1. The predicted molar refractivity (Wildman–Crippen MR) is 45.1 cm³/mol. The highest BCUT2D eigenvalue weighted by Gasteiger charge is 2.76. The summed E-state index contributed by atoms with van der Waals surface area (Å²) in [5, 5.41) is 0. The average molecular weight is 201 g/mol. The van der Waals surface area contributed by atoms with Gasteiger partial charge in [-0.1, -0.05) is 22.9 Å². The summed E-state index contributed by atoms with van der Waals surface area (Å²) in [7, 11) is 0. The summed E-state index contributed by atoms with van der Waals surface area (Å²) in [6, 6.07) is 0. The lowest BCUT2D eigenvalue weighted by atomic mass is 10.0. The van der Waals surface area contributed by atoms with Gasteiger partial charge in [0.25, 0.3) is 0 Å². The van der Waals surface area contributed by atoms with Crippen LogP contribution in [-0.2, 0) is 0 Å². The Morgan fingerprint density at radius 1 is 1.60 bits per heavy atom. The minimum absolute atomic E-state index is 0.860. The van der Waals surface area contributed by atoms with Crippen LogP contribution in [0.2, 0.25) is 0 Å². The molecule has 4 bridgehead atoms. The normalized spacial score (nSPS) is 69.0. The molecule has 4 rings (SSSR count). The van der Waals surface area contributed by atoms with Crippen LogP contribution in [0, 0.1) is 23.2 Å². The van der Waals surface area contributed by atoms with Crippen LogP contribution in [0.4, 0.5) is 0 Å². The third-order valence-electron chi connectivity index (χ3n) is 4.38. The molecule has 0 heterocycles. The number of rotatable bonds is 1. The first-order valence-corrected chi connectivity index (χ1v) is 5.35. The van der Waals surface area contributed by atoms with E-state index in [9.17, 15) is 0 Å². The van der Waals surface area contributed by atoms with Crippen LogP contribution in [-0.4, -0.2) is 4.83 Å². The highest BCUT2D eigenvalue weighted by molar-refractivity contribution is 9.09. The fourth-order valence-corrected chi connectivity index (χ4v) is 5.19. The van der Waals surface area contributed by atoms with Gasteiger partial charge in [0.1, 0.15) is 0 Å². The molecule has 0 amide bonds. The summed E-state index contributed by atoms with van der Waals surface area (Å²) < 4.78 is 0. The third-order valence-corrected chi connectivity index (χ3v) is 5.69. The van der Waals surface area contributed by atoms with Gasteiger partial charge in [0.15, 0.2) is 0 Å². The number of hydrogen-bond donors (Lipinski definition) is 0. The summed E-state index contributed by atoms with van der Waals surface area (Å²) >= 11 is 3.83. The lowest BCUT2D eigenvalue weighted by Gasteiger charge is -2.03. The van der Waals surface area contributed by atoms with Gasteiger partial charge in [0.2, 0.25) is 0 Å². The monoisotopic (exact) mass is 200 g/mol. The standard InChI is InChI=1S/C9H13Br/c1-2-9-4-5-3-6(9)7(9)8(5)10/h5-8H,2-4H2,1H3. The predicted octanol–water partition coefficient (Wildman–Crippen LogP) is 2.82. The van der Waals surface area contributed by atoms with Gasteiger partial charge in [-0.05, 0) is 42.4 Å². The summed E-state index contributed by atoms with van der Waals surface area (Å²) in [5.41, 5.74) is 0.860. The molecule has 0 nitrogen and oxygen atoms in total. The van der Waals surface area contributed by atoms with Crippen molar-refractivity contribution in [3.8, 4) is 0 Å². The molecule has 4 aliphatic carbocycles. The van der Waals surface area contributed by atoms with Crippen molar-refractivity contribution in [1.82, 2.24) is 0 Å². The molecular weight excluding hydrogens is 188 g/mol. The molecule has 0 aliphatic heterocycles. The largest absolute Gasteiger partial charge is 0.0884 e. The molecular formula is C9H13Br. The van der Waals surface area contributed by atoms with Crippen molar-refractivity contribution in [1.29, 1.82) is 0 Å². The van der Waals surface area contributed by atoms with Crippen molar-refractivity contribution >= 4 is 15.9 Å². The summed E-state index contributed by atoms with van der Waals surface area (Å²) in [4.78, 5) is 0.914. The average Bonchev–Trinajstić information content (AvgIpc) is 2.36. The highest BCUT2D eigenvalue weighted by atomic mass is 79.9. The smallest absolute Gasteiger partial charge is 0.0210 e. The van der Waals surface area contributed by atoms with Gasteiger partial charge in [-0.15, -0.1) is 0 Å². The Morgan fingerprint density at radius 2 is 2.40 bits per heavy atom. The van der Waals surface area contributed by atoms with Crippen molar-refractivity contribution in [3.05, 3.63) is 0 Å². The molecule has 5 atom stereocenters. The Bertz CT molecular complexity index is 189. The molecule has 5 unspecified atom stereocenters. The lowest BCUT2D eigenvalue weighted by Crippen LogP contribution is -2.00. The van der Waals surface area contributed by atoms with E-state index in [1.54, 1.807) is 12.8 Å². The molecule has 0 saturated heterocycles. The highest BCUT2D eigenvalue weighted by Crippen LogP contribution is 2.81. The molecule has 4 fully saturated rings. The van der Waals surface area contributed by atoms with E-state index in [1.807, 2.05) is 0 Å². The SMILES string of the molecule is CCC12CC3CC1C2C3Br. The molecule has 0 aromatic heterocycles. The van der Waals surface area contributed by atoms with E-state index in [2.05, 4.69) is 22.9 Å². The van der Waals surface area contributed by atoms with Crippen molar-refractivity contribution in [3.63, 3.8) is 0 Å². The first kappa shape index (κ1) is 6.05. The van der Waals surface area contributed by atoms with Crippen molar-refractivity contribution in [2.75, 3.05) is 0 Å². The second-order valence-corrected chi connectivity index (χ2v) is 5.42. The second-order valence-electron chi connectivity index (χ2n) is 4.36. The minimum Gasteiger partial charge on any atom is -0.0884 e. The molecule has 4 saturated carbocycles. The van der Waals surface area contributed by atoms with Crippen molar-refractivity contribution in [2.24, 2.45) is 23.2 Å².